The van der Waals surface area contributed by atoms with E-state index in [1.807, 2.05) is 30.3 Å². The lowest BCUT2D eigenvalue weighted by Crippen LogP contribution is -2.38. The maximum atomic E-state index is 10.2. The van der Waals surface area contributed by atoms with Gasteiger partial charge in [0.25, 0.3) is 0 Å². The van der Waals surface area contributed by atoms with Gasteiger partial charge in [0, 0.05) is 11.9 Å². The molecule has 1 atom stereocenters. The van der Waals surface area contributed by atoms with Gasteiger partial charge in [-0.2, -0.15) is 0 Å². The number of benzene rings is 2. The normalized spacial score (nSPS) is 22.2. The molecule has 1 fully saturated rings. The fourth-order valence-electron chi connectivity index (χ4n) is 2.39. The van der Waals surface area contributed by atoms with Gasteiger partial charge in [-0.1, -0.05) is 36.4 Å². The Balaban J connectivity index is 0.00000133. The summed E-state index contributed by atoms with van der Waals surface area (Å²) in [6.45, 7) is 1.81. The van der Waals surface area contributed by atoms with Gasteiger partial charge < -0.3 is 15.2 Å². The molecule has 1 saturated heterocycles. The minimum Gasteiger partial charge on any atom is -0.490 e. The molecule has 0 amide bonds. The van der Waals surface area contributed by atoms with E-state index in [0.29, 0.717) is 13.2 Å². The molecule has 0 spiro atoms. The third-order valence-corrected chi connectivity index (χ3v) is 3.47. The molecule has 0 saturated carbocycles. The van der Waals surface area contributed by atoms with Crippen LogP contribution < -0.4 is 10.1 Å². The van der Waals surface area contributed by atoms with Crippen molar-refractivity contribution in [2.24, 2.45) is 0 Å². The lowest BCUT2D eigenvalue weighted by Gasteiger charge is -2.22. The van der Waals surface area contributed by atoms with E-state index in [0.717, 1.165) is 29.5 Å². The van der Waals surface area contributed by atoms with Crippen LogP contribution in [-0.2, 0) is 0 Å². The molecule has 0 bridgehead atoms. The Morgan fingerprint density at radius 1 is 1.16 bits per heavy atom. The first-order valence-electron chi connectivity index (χ1n) is 6.31. The summed E-state index contributed by atoms with van der Waals surface area (Å²) in [5.74, 6) is 0.841. The Hall–Kier alpha value is -1.29. The third-order valence-electron chi connectivity index (χ3n) is 3.47. The molecular weight excluding hydrogens is 262 g/mol. The Morgan fingerprint density at radius 3 is 2.74 bits per heavy atom. The highest BCUT2D eigenvalue weighted by atomic mass is 35.5. The quantitative estimate of drug-likeness (QED) is 0.906. The maximum Gasteiger partial charge on any atom is 0.127 e. The van der Waals surface area contributed by atoms with Crippen LogP contribution in [0.1, 0.15) is 6.42 Å². The predicted molar refractivity (Wildman–Crippen MR) is 79.1 cm³/mol. The number of fused-ring (bicyclic) bond motifs is 1. The Morgan fingerprint density at radius 2 is 1.95 bits per heavy atom. The highest BCUT2D eigenvalue weighted by molar-refractivity contribution is 5.88. The van der Waals surface area contributed by atoms with E-state index >= 15 is 0 Å². The summed E-state index contributed by atoms with van der Waals surface area (Å²) in [5, 5.41) is 15.6. The first-order valence-corrected chi connectivity index (χ1v) is 6.31. The highest BCUT2D eigenvalue weighted by Crippen LogP contribution is 2.26. The molecule has 102 valence electrons. The average Bonchev–Trinajstić information content (AvgIpc) is 2.84. The molecule has 0 aromatic heterocycles. The van der Waals surface area contributed by atoms with Gasteiger partial charge in [-0.05, 0) is 24.4 Å². The van der Waals surface area contributed by atoms with E-state index in [1.165, 1.54) is 0 Å². The topological polar surface area (TPSA) is 41.5 Å². The summed E-state index contributed by atoms with van der Waals surface area (Å²) < 4.78 is 5.82. The number of aliphatic hydroxyl groups is 1. The monoisotopic (exact) mass is 279 g/mol. The second-order valence-corrected chi connectivity index (χ2v) is 4.92. The van der Waals surface area contributed by atoms with Gasteiger partial charge in [0.15, 0.2) is 0 Å². The number of nitrogens with one attached hydrogen (secondary N) is 1. The third kappa shape index (κ3) is 3.00. The van der Waals surface area contributed by atoms with Crippen LogP contribution in [0.5, 0.6) is 5.75 Å². The van der Waals surface area contributed by atoms with Crippen LogP contribution >= 0.6 is 12.4 Å². The van der Waals surface area contributed by atoms with Gasteiger partial charge in [-0.25, -0.2) is 0 Å². The average molecular weight is 280 g/mol. The van der Waals surface area contributed by atoms with E-state index in [-0.39, 0.29) is 12.4 Å². The molecule has 19 heavy (non-hydrogen) atoms. The Kier molecular flexibility index (Phi) is 4.30. The summed E-state index contributed by atoms with van der Waals surface area (Å²) in [6.07, 6.45) is 0.748. The molecule has 0 aliphatic carbocycles. The molecule has 3 rings (SSSR count). The van der Waals surface area contributed by atoms with Crippen molar-refractivity contribution in [2.75, 3.05) is 19.7 Å². The molecule has 1 aliphatic rings. The van der Waals surface area contributed by atoms with Gasteiger partial charge in [-0.3, -0.25) is 0 Å². The van der Waals surface area contributed by atoms with Crippen LogP contribution in [0.3, 0.4) is 0 Å². The zero-order chi connectivity index (χ0) is 12.4. The number of ether oxygens (including phenoxy) is 1. The van der Waals surface area contributed by atoms with Gasteiger partial charge in [0.2, 0.25) is 0 Å². The molecule has 1 unspecified atom stereocenters. The maximum absolute atomic E-state index is 10.2. The van der Waals surface area contributed by atoms with Gasteiger partial charge in [-0.15, -0.1) is 12.4 Å². The molecule has 0 radical (unpaired) electrons. The van der Waals surface area contributed by atoms with Crippen LogP contribution in [0.4, 0.5) is 0 Å². The van der Waals surface area contributed by atoms with Crippen LogP contribution in [0.25, 0.3) is 10.8 Å². The first-order chi connectivity index (χ1) is 8.77. The standard InChI is InChI=1S/C15H17NO2.ClH/c17-15(8-9-16-10-15)11-18-14-7-3-5-12-4-1-2-6-13(12)14;/h1-7,16-17H,8-11H2;1H. The predicted octanol–water partition coefficient (Wildman–Crippen LogP) is 2.36. The molecule has 1 heterocycles. The first kappa shape index (κ1) is 14.1. The molecule has 2 aromatic carbocycles. The summed E-state index contributed by atoms with van der Waals surface area (Å²) in [7, 11) is 0. The molecule has 2 aromatic rings. The molecule has 4 heteroatoms. The van der Waals surface area contributed by atoms with Crippen LogP contribution in [0.2, 0.25) is 0 Å². The minimum absolute atomic E-state index is 0. The summed E-state index contributed by atoms with van der Waals surface area (Å²) in [5.41, 5.74) is -0.725. The molecule has 1 aliphatic heterocycles. The van der Waals surface area contributed by atoms with Crippen molar-refractivity contribution in [3.63, 3.8) is 0 Å². The summed E-state index contributed by atoms with van der Waals surface area (Å²) >= 11 is 0. The number of hydrogen-bond donors (Lipinski definition) is 2. The number of rotatable bonds is 3. The van der Waals surface area contributed by atoms with Crippen LogP contribution in [-0.4, -0.2) is 30.4 Å². The fourth-order valence-corrected chi connectivity index (χ4v) is 2.39. The second kappa shape index (κ2) is 5.78. The Bertz CT molecular complexity index is 547. The SMILES string of the molecule is Cl.OC1(COc2cccc3ccccc23)CCNC1. The molecule has 2 N–H and O–H groups in total. The van der Waals surface area contributed by atoms with Crippen molar-refractivity contribution < 1.29 is 9.84 Å². The largest absolute Gasteiger partial charge is 0.490 e. The Labute approximate surface area is 119 Å². The zero-order valence-corrected chi connectivity index (χ0v) is 11.5. The van der Waals surface area contributed by atoms with Crippen molar-refractivity contribution in [1.29, 1.82) is 0 Å². The van der Waals surface area contributed by atoms with E-state index < -0.39 is 5.60 Å². The van der Waals surface area contributed by atoms with Crippen molar-refractivity contribution in [3.8, 4) is 5.75 Å². The van der Waals surface area contributed by atoms with Crippen molar-refractivity contribution in [1.82, 2.24) is 5.32 Å². The summed E-state index contributed by atoms with van der Waals surface area (Å²) in [4.78, 5) is 0. The number of halogens is 1. The smallest absolute Gasteiger partial charge is 0.127 e. The molecule has 3 nitrogen and oxygen atoms in total. The lowest BCUT2D eigenvalue weighted by atomic mass is 10.1. The summed E-state index contributed by atoms with van der Waals surface area (Å²) in [6, 6.07) is 14.1. The van der Waals surface area contributed by atoms with Gasteiger partial charge >= 0.3 is 0 Å². The van der Waals surface area contributed by atoms with Crippen LogP contribution in [0, 0.1) is 0 Å². The fraction of sp³-hybridized carbons (Fsp3) is 0.333. The van der Waals surface area contributed by atoms with Gasteiger partial charge in [0.05, 0.1) is 0 Å². The minimum atomic E-state index is -0.725. The zero-order valence-electron chi connectivity index (χ0n) is 10.6. The second-order valence-electron chi connectivity index (χ2n) is 4.92. The van der Waals surface area contributed by atoms with Crippen molar-refractivity contribution >= 4 is 23.2 Å². The van der Waals surface area contributed by atoms with Crippen molar-refractivity contribution in [3.05, 3.63) is 42.5 Å². The van der Waals surface area contributed by atoms with Gasteiger partial charge in [0.1, 0.15) is 18.0 Å². The van der Waals surface area contributed by atoms with Crippen LogP contribution in [0.15, 0.2) is 42.5 Å². The van der Waals surface area contributed by atoms with E-state index in [4.69, 9.17) is 4.74 Å². The van der Waals surface area contributed by atoms with Crippen molar-refractivity contribution in [2.45, 2.75) is 12.0 Å². The number of hydrogen-bond acceptors (Lipinski definition) is 3. The molecular formula is C15H18ClNO2. The highest BCUT2D eigenvalue weighted by Gasteiger charge is 2.31. The van der Waals surface area contributed by atoms with E-state index in [9.17, 15) is 5.11 Å². The van der Waals surface area contributed by atoms with E-state index in [2.05, 4.69) is 17.4 Å². The lowest BCUT2D eigenvalue weighted by molar-refractivity contribution is 0.0135. The number of β-amino-alcohol motifs (C(OH)–C–C–N with tert-alkyl or cyclic N) is 1. The van der Waals surface area contributed by atoms with E-state index in [1.54, 1.807) is 0 Å².